The van der Waals surface area contributed by atoms with Crippen LogP contribution in [-0.4, -0.2) is 19.0 Å². The Labute approximate surface area is 157 Å². The highest BCUT2D eigenvalue weighted by atomic mass is 16.5. The maximum absolute atomic E-state index is 6.03. The molecule has 0 radical (unpaired) electrons. The lowest BCUT2D eigenvalue weighted by Crippen LogP contribution is -2.10. The lowest BCUT2D eigenvalue weighted by molar-refractivity contribution is 0.301. The number of benzene rings is 2. The molecule has 0 N–H and O–H groups in total. The Morgan fingerprint density at radius 3 is 2.58 bits per heavy atom. The molecule has 0 aliphatic heterocycles. The Balaban J connectivity index is 1.50. The molecular formula is C23H28BNO. The fraction of sp³-hybridized carbons (Fsp3) is 0.391. The molecule has 0 spiro atoms. The number of hydrogen-bond donors (Lipinski definition) is 0. The minimum Gasteiger partial charge on any atom is -0.494 e. The summed E-state index contributed by atoms with van der Waals surface area (Å²) in [4.78, 5) is 0. The van der Waals surface area contributed by atoms with Crippen LogP contribution in [0.4, 0.5) is 0 Å². The van der Waals surface area contributed by atoms with Crippen molar-refractivity contribution in [1.82, 2.24) is 4.57 Å². The van der Waals surface area contributed by atoms with E-state index in [0.717, 1.165) is 25.3 Å². The number of rotatable bonds is 5. The molecule has 1 aliphatic rings. The van der Waals surface area contributed by atoms with E-state index < -0.39 is 0 Å². The van der Waals surface area contributed by atoms with Crippen LogP contribution in [0.3, 0.4) is 0 Å². The summed E-state index contributed by atoms with van der Waals surface area (Å²) < 4.78 is 8.59. The van der Waals surface area contributed by atoms with Gasteiger partial charge in [-0.25, -0.2) is 0 Å². The standard InChI is InChI=1S/C23H28BNO/c1-16-12-17(2)14-19(13-16)26-11-5-10-25-22-7-4-3-6-20(22)21-15-18(24)8-9-23(21)25/h8-9,12-15H,3-7,10-11,24H2,1-2H3. The minimum absolute atomic E-state index is 0.767. The van der Waals surface area contributed by atoms with Gasteiger partial charge in [-0.15, -0.1) is 0 Å². The summed E-state index contributed by atoms with van der Waals surface area (Å²) in [6, 6.07) is 13.4. The highest BCUT2D eigenvalue weighted by Crippen LogP contribution is 2.32. The molecule has 26 heavy (non-hydrogen) atoms. The monoisotopic (exact) mass is 345 g/mol. The zero-order valence-electron chi connectivity index (χ0n) is 16.3. The summed E-state index contributed by atoms with van der Waals surface area (Å²) in [6.07, 6.45) is 6.15. The molecule has 0 atom stereocenters. The summed E-state index contributed by atoms with van der Waals surface area (Å²) in [5, 5.41) is 1.48. The average molecular weight is 345 g/mol. The van der Waals surface area contributed by atoms with Crippen molar-refractivity contribution in [2.75, 3.05) is 6.61 Å². The van der Waals surface area contributed by atoms with Crippen LogP contribution in [-0.2, 0) is 19.4 Å². The molecule has 1 heterocycles. The third-order valence-corrected chi connectivity index (χ3v) is 5.52. The molecule has 134 valence electrons. The van der Waals surface area contributed by atoms with E-state index in [0.29, 0.717) is 0 Å². The van der Waals surface area contributed by atoms with Crippen molar-refractivity contribution < 1.29 is 4.74 Å². The molecule has 2 aromatic carbocycles. The van der Waals surface area contributed by atoms with Gasteiger partial charge in [0.1, 0.15) is 13.6 Å². The smallest absolute Gasteiger partial charge is 0.139 e. The molecular weight excluding hydrogens is 317 g/mol. The third kappa shape index (κ3) is 3.40. The van der Waals surface area contributed by atoms with Gasteiger partial charge in [-0.05, 0) is 80.8 Å². The van der Waals surface area contributed by atoms with E-state index in [-0.39, 0.29) is 0 Å². The van der Waals surface area contributed by atoms with E-state index in [1.165, 1.54) is 53.2 Å². The van der Waals surface area contributed by atoms with Crippen molar-refractivity contribution in [3.63, 3.8) is 0 Å². The first kappa shape index (κ1) is 17.3. The van der Waals surface area contributed by atoms with Gasteiger partial charge in [-0.1, -0.05) is 23.7 Å². The van der Waals surface area contributed by atoms with Gasteiger partial charge in [0.15, 0.2) is 0 Å². The van der Waals surface area contributed by atoms with Crippen LogP contribution in [0.1, 0.15) is 41.6 Å². The Bertz CT molecular complexity index is 921. The normalized spacial score (nSPS) is 13.8. The van der Waals surface area contributed by atoms with Crippen molar-refractivity contribution in [1.29, 1.82) is 0 Å². The van der Waals surface area contributed by atoms with Gasteiger partial charge in [0.2, 0.25) is 0 Å². The van der Waals surface area contributed by atoms with E-state index in [9.17, 15) is 0 Å². The first-order valence-corrected chi connectivity index (χ1v) is 9.93. The predicted octanol–water partition coefficient (Wildman–Crippen LogP) is 3.86. The third-order valence-electron chi connectivity index (χ3n) is 5.52. The second-order valence-electron chi connectivity index (χ2n) is 7.83. The number of ether oxygens (including phenoxy) is 1. The molecule has 0 amide bonds. The fourth-order valence-corrected chi connectivity index (χ4v) is 4.43. The maximum Gasteiger partial charge on any atom is 0.139 e. The van der Waals surface area contributed by atoms with Crippen LogP contribution in [0.5, 0.6) is 5.75 Å². The summed E-state index contributed by atoms with van der Waals surface area (Å²) >= 11 is 0. The second kappa shape index (κ2) is 7.22. The molecule has 1 aromatic heterocycles. The molecule has 3 aromatic rings. The quantitative estimate of drug-likeness (QED) is 0.506. The van der Waals surface area contributed by atoms with E-state index in [1.54, 1.807) is 11.3 Å². The van der Waals surface area contributed by atoms with Crippen molar-refractivity contribution in [2.24, 2.45) is 0 Å². The maximum atomic E-state index is 6.03. The largest absolute Gasteiger partial charge is 0.494 e. The van der Waals surface area contributed by atoms with E-state index in [1.807, 2.05) is 0 Å². The number of aryl methyl sites for hydroxylation is 4. The predicted molar refractivity (Wildman–Crippen MR) is 113 cm³/mol. The molecule has 2 nitrogen and oxygen atoms in total. The SMILES string of the molecule is Bc1ccc2c(c1)c1c(n2CCCOc2cc(C)cc(C)c2)CCCC1. The number of nitrogens with zero attached hydrogens (tertiary/aromatic N) is 1. The van der Waals surface area contributed by atoms with Crippen LogP contribution in [0.2, 0.25) is 0 Å². The lowest BCUT2D eigenvalue weighted by Gasteiger charge is -2.16. The topological polar surface area (TPSA) is 14.2 Å². The van der Waals surface area contributed by atoms with E-state index in [2.05, 4.69) is 62.7 Å². The second-order valence-corrected chi connectivity index (χ2v) is 7.83. The van der Waals surface area contributed by atoms with Gasteiger partial charge >= 0.3 is 0 Å². The van der Waals surface area contributed by atoms with E-state index >= 15 is 0 Å². The molecule has 0 bridgehead atoms. The first-order chi connectivity index (χ1) is 12.6. The summed E-state index contributed by atoms with van der Waals surface area (Å²) in [5.41, 5.74) is 8.48. The van der Waals surface area contributed by atoms with Crippen molar-refractivity contribution in [3.8, 4) is 5.75 Å². The highest BCUT2D eigenvalue weighted by molar-refractivity contribution is 6.33. The molecule has 3 heteroatoms. The van der Waals surface area contributed by atoms with Crippen molar-refractivity contribution in [3.05, 3.63) is 58.8 Å². The lowest BCUT2D eigenvalue weighted by atomic mass is 9.91. The average Bonchev–Trinajstić information content (AvgIpc) is 2.91. The Kier molecular flexibility index (Phi) is 4.80. The minimum atomic E-state index is 0.767. The van der Waals surface area contributed by atoms with Gasteiger partial charge in [0, 0.05) is 23.1 Å². The fourth-order valence-electron chi connectivity index (χ4n) is 4.43. The zero-order chi connectivity index (χ0) is 18.1. The summed E-state index contributed by atoms with van der Waals surface area (Å²) in [7, 11) is 2.20. The van der Waals surface area contributed by atoms with Gasteiger partial charge in [-0.3, -0.25) is 0 Å². The molecule has 0 saturated carbocycles. The number of aromatic nitrogens is 1. The zero-order valence-corrected chi connectivity index (χ0v) is 16.3. The van der Waals surface area contributed by atoms with Crippen LogP contribution in [0.15, 0.2) is 36.4 Å². The van der Waals surface area contributed by atoms with Gasteiger partial charge in [0.25, 0.3) is 0 Å². The molecule has 4 rings (SSSR count). The van der Waals surface area contributed by atoms with Crippen LogP contribution in [0, 0.1) is 13.8 Å². The summed E-state index contributed by atoms with van der Waals surface area (Å²) in [6.45, 7) is 6.06. The molecule has 0 fully saturated rings. The van der Waals surface area contributed by atoms with Crippen LogP contribution >= 0.6 is 0 Å². The van der Waals surface area contributed by atoms with E-state index in [4.69, 9.17) is 4.74 Å². The Morgan fingerprint density at radius 1 is 1.00 bits per heavy atom. The highest BCUT2D eigenvalue weighted by Gasteiger charge is 2.19. The molecule has 0 saturated heterocycles. The summed E-state index contributed by atoms with van der Waals surface area (Å²) in [5.74, 6) is 0.998. The molecule has 0 unspecified atom stereocenters. The Morgan fingerprint density at radius 2 is 1.77 bits per heavy atom. The molecule has 1 aliphatic carbocycles. The first-order valence-electron chi connectivity index (χ1n) is 9.93. The van der Waals surface area contributed by atoms with Crippen molar-refractivity contribution >= 4 is 24.2 Å². The Hall–Kier alpha value is -2.16. The van der Waals surface area contributed by atoms with Crippen LogP contribution in [0.25, 0.3) is 10.9 Å². The van der Waals surface area contributed by atoms with Crippen molar-refractivity contribution in [2.45, 2.75) is 52.5 Å². The van der Waals surface area contributed by atoms with Crippen LogP contribution < -0.4 is 10.2 Å². The number of fused-ring (bicyclic) bond motifs is 3. The van der Waals surface area contributed by atoms with Gasteiger partial charge in [0.05, 0.1) is 6.61 Å². The van der Waals surface area contributed by atoms with Gasteiger partial charge in [-0.2, -0.15) is 0 Å². The number of hydrogen-bond acceptors (Lipinski definition) is 1. The van der Waals surface area contributed by atoms with Gasteiger partial charge < -0.3 is 9.30 Å².